The van der Waals surface area contributed by atoms with E-state index in [4.69, 9.17) is 9.47 Å². The second-order valence-electron chi connectivity index (χ2n) is 7.96. The van der Waals surface area contributed by atoms with Crippen LogP contribution in [-0.2, 0) is 0 Å². The van der Waals surface area contributed by atoms with E-state index in [1.165, 1.54) is 11.8 Å². The van der Waals surface area contributed by atoms with Crippen LogP contribution in [0.3, 0.4) is 0 Å². The Labute approximate surface area is 208 Å². The van der Waals surface area contributed by atoms with E-state index in [-0.39, 0.29) is 6.61 Å². The topological polar surface area (TPSA) is 69.4 Å². The smallest absolute Gasteiger partial charge is 0.196 e. The molecular formula is C28H25N3O3S. The van der Waals surface area contributed by atoms with Gasteiger partial charge in [-0.3, -0.25) is 4.57 Å². The Balaban J connectivity index is 1.32. The number of thioether (sulfide) groups is 1. The summed E-state index contributed by atoms with van der Waals surface area (Å²) in [6, 6.07) is 31.7. The summed E-state index contributed by atoms with van der Waals surface area (Å²) in [4.78, 5) is 0. The maximum Gasteiger partial charge on any atom is 0.196 e. The van der Waals surface area contributed by atoms with Gasteiger partial charge in [-0.15, -0.1) is 10.2 Å². The first-order valence-electron chi connectivity index (χ1n) is 11.3. The van der Waals surface area contributed by atoms with Crippen LogP contribution in [0.4, 0.5) is 0 Å². The summed E-state index contributed by atoms with van der Waals surface area (Å²) in [7, 11) is 1.64. The molecule has 0 aliphatic heterocycles. The van der Waals surface area contributed by atoms with Crippen molar-refractivity contribution in [2.75, 3.05) is 19.5 Å². The highest BCUT2D eigenvalue weighted by Gasteiger charge is 2.20. The molecule has 5 rings (SSSR count). The highest BCUT2D eigenvalue weighted by atomic mass is 32.2. The third-order valence-corrected chi connectivity index (χ3v) is 6.64. The second kappa shape index (κ2) is 10.6. The minimum Gasteiger partial charge on any atom is -0.496 e. The van der Waals surface area contributed by atoms with Crippen molar-refractivity contribution in [2.24, 2.45) is 0 Å². The monoisotopic (exact) mass is 483 g/mol. The molecule has 0 radical (unpaired) electrons. The Kier molecular flexibility index (Phi) is 6.97. The molecule has 0 saturated heterocycles. The number of hydrogen-bond donors (Lipinski definition) is 1. The van der Waals surface area contributed by atoms with Crippen LogP contribution in [0.2, 0.25) is 0 Å². The van der Waals surface area contributed by atoms with E-state index in [2.05, 4.69) is 16.3 Å². The molecule has 1 N–H and O–H groups in total. The molecule has 4 aromatic carbocycles. The molecule has 176 valence electrons. The van der Waals surface area contributed by atoms with Gasteiger partial charge in [0.15, 0.2) is 11.0 Å². The molecule has 0 spiro atoms. The fourth-order valence-electron chi connectivity index (χ4n) is 3.85. The van der Waals surface area contributed by atoms with Gasteiger partial charge in [0.2, 0.25) is 0 Å². The van der Waals surface area contributed by atoms with Gasteiger partial charge in [0.25, 0.3) is 0 Å². The van der Waals surface area contributed by atoms with Crippen molar-refractivity contribution >= 4 is 22.5 Å². The Bertz CT molecular complexity index is 1420. The van der Waals surface area contributed by atoms with E-state index in [9.17, 15) is 5.11 Å². The quantitative estimate of drug-likeness (QED) is 0.274. The number of fused-ring (bicyclic) bond motifs is 1. The Morgan fingerprint density at radius 2 is 1.60 bits per heavy atom. The molecule has 1 atom stereocenters. The van der Waals surface area contributed by atoms with Crippen molar-refractivity contribution in [1.29, 1.82) is 0 Å². The van der Waals surface area contributed by atoms with Gasteiger partial charge in [0.1, 0.15) is 18.1 Å². The Morgan fingerprint density at radius 3 is 2.43 bits per heavy atom. The van der Waals surface area contributed by atoms with E-state index in [0.29, 0.717) is 16.7 Å². The molecule has 1 heterocycles. The summed E-state index contributed by atoms with van der Waals surface area (Å²) in [6.07, 6.45) is -0.679. The van der Waals surface area contributed by atoms with Crippen LogP contribution >= 0.6 is 11.8 Å². The second-order valence-corrected chi connectivity index (χ2v) is 8.95. The lowest BCUT2D eigenvalue weighted by Crippen LogP contribution is -2.20. The molecule has 0 fully saturated rings. The average molecular weight is 484 g/mol. The summed E-state index contributed by atoms with van der Waals surface area (Å²) < 4.78 is 13.4. The number of aliphatic hydroxyl groups excluding tert-OH is 1. The lowest BCUT2D eigenvalue weighted by atomic mass is 10.1. The highest BCUT2D eigenvalue weighted by Crippen LogP contribution is 2.33. The standard InChI is InChI=1S/C28H25N3O3S/c1-33-26-14-8-7-13-25(26)27-29-30-28(31(27)22-11-3-2-4-12-22)35-19-23(32)18-34-24-16-15-20-9-5-6-10-21(20)17-24/h2-17,23,32H,18-19H2,1H3. The van der Waals surface area contributed by atoms with Crippen molar-refractivity contribution < 1.29 is 14.6 Å². The van der Waals surface area contributed by atoms with Crippen LogP contribution < -0.4 is 9.47 Å². The number of benzene rings is 4. The normalized spacial score (nSPS) is 11.9. The number of aromatic nitrogens is 3. The highest BCUT2D eigenvalue weighted by molar-refractivity contribution is 7.99. The van der Waals surface area contributed by atoms with Crippen molar-refractivity contribution in [3.05, 3.63) is 97.1 Å². The van der Waals surface area contributed by atoms with Gasteiger partial charge in [-0.2, -0.15) is 0 Å². The summed E-state index contributed by atoms with van der Waals surface area (Å²) in [6.45, 7) is 0.185. The largest absolute Gasteiger partial charge is 0.496 e. The molecule has 0 saturated carbocycles. The molecule has 0 aliphatic rings. The molecule has 0 aliphatic carbocycles. The predicted molar refractivity (Wildman–Crippen MR) is 140 cm³/mol. The Hall–Kier alpha value is -3.81. The fraction of sp³-hybridized carbons (Fsp3) is 0.143. The zero-order valence-electron chi connectivity index (χ0n) is 19.2. The number of ether oxygens (including phenoxy) is 2. The Morgan fingerprint density at radius 1 is 0.857 bits per heavy atom. The number of hydrogen-bond acceptors (Lipinski definition) is 6. The lowest BCUT2D eigenvalue weighted by molar-refractivity contribution is 0.126. The van der Waals surface area contributed by atoms with Crippen LogP contribution in [-0.4, -0.2) is 45.4 Å². The van der Waals surface area contributed by atoms with Crippen molar-refractivity contribution in [2.45, 2.75) is 11.3 Å². The van der Waals surface area contributed by atoms with Crippen molar-refractivity contribution in [3.8, 4) is 28.6 Å². The first kappa shape index (κ1) is 23.0. The number of para-hydroxylation sites is 2. The van der Waals surface area contributed by atoms with Gasteiger partial charge < -0.3 is 14.6 Å². The molecule has 6 nitrogen and oxygen atoms in total. The molecule has 0 amide bonds. The van der Waals surface area contributed by atoms with Crippen LogP contribution in [0, 0.1) is 0 Å². The van der Waals surface area contributed by atoms with Crippen molar-refractivity contribution in [3.63, 3.8) is 0 Å². The van der Waals surface area contributed by atoms with Gasteiger partial charge >= 0.3 is 0 Å². The van der Waals surface area contributed by atoms with Crippen LogP contribution in [0.1, 0.15) is 0 Å². The molecule has 7 heteroatoms. The zero-order valence-corrected chi connectivity index (χ0v) is 20.1. The minimum atomic E-state index is -0.679. The SMILES string of the molecule is COc1ccccc1-c1nnc(SCC(O)COc2ccc3ccccc3c2)n1-c1ccccc1. The van der Waals surface area contributed by atoms with E-state index < -0.39 is 6.10 Å². The van der Waals surface area contributed by atoms with Crippen LogP contribution in [0.15, 0.2) is 102 Å². The van der Waals surface area contributed by atoms with Gasteiger partial charge in [-0.25, -0.2) is 0 Å². The maximum atomic E-state index is 10.6. The molecule has 35 heavy (non-hydrogen) atoms. The zero-order chi connectivity index (χ0) is 24.0. The third kappa shape index (κ3) is 5.16. The van der Waals surface area contributed by atoms with Crippen LogP contribution in [0.25, 0.3) is 27.8 Å². The van der Waals surface area contributed by atoms with Gasteiger partial charge in [0, 0.05) is 11.4 Å². The number of aliphatic hydroxyl groups is 1. The van der Waals surface area contributed by atoms with Crippen LogP contribution in [0.5, 0.6) is 11.5 Å². The minimum absolute atomic E-state index is 0.185. The number of nitrogens with zero attached hydrogens (tertiary/aromatic N) is 3. The van der Waals surface area contributed by atoms with E-state index in [0.717, 1.165) is 33.5 Å². The molecule has 1 unspecified atom stereocenters. The summed E-state index contributed by atoms with van der Waals surface area (Å²) in [5.41, 5.74) is 1.78. The summed E-state index contributed by atoms with van der Waals surface area (Å²) in [5, 5.41) is 22.5. The number of methoxy groups -OCH3 is 1. The van der Waals surface area contributed by atoms with E-state index in [1.807, 2.05) is 95.6 Å². The number of rotatable bonds is 9. The van der Waals surface area contributed by atoms with Gasteiger partial charge in [-0.1, -0.05) is 72.4 Å². The molecule has 1 aromatic heterocycles. The molecule has 5 aromatic rings. The van der Waals surface area contributed by atoms with Gasteiger partial charge in [0.05, 0.1) is 18.8 Å². The fourth-order valence-corrected chi connectivity index (χ4v) is 4.70. The lowest BCUT2D eigenvalue weighted by Gasteiger charge is -2.14. The predicted octanol–water partition coefficient (Wildman–Crippen LogP) is 5.63. The van der Waals surface area contributed by atoms with E-state index in [1.54, 1.807) is 7.11 Å². The van der Waals surface area contributed by atoms with E-state index >= 15 is 0 Å². The first-order chi connectivity index (χ1) is 17.2. The van der Waals surface area contributed by atoms with Crippen molar-refractivity contribution in [1.82, 2.24) is 14.8 Å². The first-order valence-corrected chi connectivity index (χ1v) is 12.3. The summed E-state index contributed by atoms with van der Waals surface area (Å²) in [5.74, 6) is 2.54. The molecular weight excluding hydrogens is 458 g/mol. The van der Waals surface area contributed by atoms with Gasteiger partial charge in [-0.05, 0) is 47.2 Å². The summed E-state index contributed by atoms with van der Waals surface area (Å²) >= 11 is 1.44. The third-order valence-electron chi connectivity index (χ3n) is 5.56. The average Bonchev–Trinajstić information content (AvgIpc) is 3.34. The molecule has 0 bridgehead atoms. The maximum absolute atomic E-state index is 10.6.